The average molecular weight is 254 g/mol. The molecule has 1 aliphatic rings. The van der Waals surface area contributed by atoms with Crippen LogP contribution in [0.2, 0.25) is 0 Å². The van der Waals surface area contributed by atoms with Crippen LogP contribution in [0.1, 0.15) is 30.6 Å². The Labute approximate surface area is 106 Å². The lowest BCUT2D eigenvalue weighted by Crippen LogP contribution is -2.17. The van der Waals surface area contributed by atoms with Gasteiger partial charge in [0, 0.05) is 17.9 Å². The van der Waals surface area contributed by atoms with Crippen molar-refractivity contribution in [3.8, 4) is 0 Å². The van der Waals surface area contributed by atoms with E-state index >= 15 is 0 Å². The third-order valence-corrected chi connectivity index (χ3v) is 3.77. The van der Waals surface area contributed by atoms with Crippen molar-refractivity contribution in [1.82, 2.24) is 0 Å². The summed E-state index contributed by atoms with van der Waals surface area (Å²) in [6.45, 7) is 1.23. The third-order valence-electron chi connectivity index (χ3n) is 2.84. The smallest absolute Gasteiger partial charge is 0.305 e. The second kappa shape index (κ2) is 6.77. The minimum atomic E-state index is -0.0999. The van der Waals surface area contributed by atoms with Crippen LogP contribution in [0.3, 0.4) is 0 Å². The molecule has 2 rings (SSSR count). The molecular formula is C13H18O3S. The Morgan fingerprint density at radius 2 is 2.53 bits per heavy atom. The predicted molar refractivity (Wildman–Crippen MR) is 67.2 cm³/mol. The number of ether oxygens (including phenoxy) is 2. The largest absolute Gasteiger partial charge is 0.463 e. The quantitative estimate of drug-likeness (QED) is 0.732. The molecule has 1 unspecified atom stereocenters. The van der Waals surface area contributed by atoms with Crippen molar-refractivity contribution in [3.05, 3.63) is 22.4 Å². The maximum atomic E-state index is 11.5. The number of carbonyl (C=O) groups excluding carboxylic acids is 1. The number of thiophene rings is 1. The summed E-state index contributed by atoms with van der Waals surface area (Å²) in [5, 5.41) is 2.06. The first-order valence-electron chi connectivity index (χ1n) is 6.14. The average Bonchev–Trinajstić information content (AvgIpc) is 2.99. The van der Waals surface area contributed by atoms with Crippen LogP contribution < -0.4 is 0 Å². The first-order valence-corrected chi connectivity index (χ1v) is 7.02. The zero-order chi connectivity index (χ0) is 11.9. The molecule has 0 N–H and O–H groups in total. The van der Waals surface area contributed by atoms with Crippen molar-refractivity contribution in [1.29, 1.82) is 0 Å². The molecule has 1 fully saturated rings. The molecule has 1 atom stereocenters. The Hall–Kier alpha value is -0.870. The molecule has 3 nitrogen and oxygen atoms in total. The second-order valence-electron chi connectivity index (χ2n) is 4.25. The minimum absolute atomic E-state index is 0.0999. The highest BCUT2D eigenvalue weighted by Crippen LogP contribution is 2.14. The number of carbonyl (C=O) groups is 1. The van der Waals surface area contributed by atoms with Crippen molar-refractivity contribution in [2.24, 2.45) is 0 Å². The van der Waals surface area contributed by atoms with Crippen molar-refractivity contribution in [3.63, 3.8) is 0 Å². The SMILES string of the molecule is O=C(CCCc1cccs1)OCC1CCCO1. The normalized spacial score (nSPS) is 19.4. The van der Waals surface area contributed by atoms with E-state index in [-0.39, 0.29) is 12.1 Å². The van der Waals surface area contributed by atoms with Crippen LogP contribution in [0.15, 0.2) is 17.5 Å². The summed E-state index contributed by atoms with van der Waals surface area (Å²) < 4.78 is 10.6. The summed E-state index contributed by atoms with van der Waals surface area (Å²) in [6, 6.07) is 4.14. The van der Waals surface area contributed by atoms with E-state index in [1.54, 1.807) is 11.3 Å². The molecule has 2 heterocycles. The van der Waals surface area contributed by atoms with Gasteiger partial charge >= 0.3 is 5.97 Å². The van der Waals surface area contributed by atoms with E-state index in [1.807, 2.05) is 6.07 Å². The zero-order valence-electron chi connectivity index (χ0n) is 9.89. The fourth-order valence-electron chi connectivity index (χ4n) is 1.90. The molecule has 1 saturated heterocycles. The first kappa shape index (κ1) is 12.6. The molecular weight excluding hydrogens is 236 g/mol. The van der Waals surface area contributed by atoms with E-state index in [0.717, 1.165) is 32.3 Å². The molecule has 0 aromatic carbocycles. The summed E-state index contributed by atoms with van der Waals surface area (Å²) in [5.74, 6) is -0.0999. The van der Waals surface area contributed by atoms with Gasteiger partial charge in [-0.2, -0.15) is 0 Å². The van der Waals surface area contributed by atoms with Crippen molar-refractivity contribution >= 4 is 17.3 Å². The van der Waals surface area contributed by atoms with Crippen LogP contribution in [-0.2, 0) is 20.7 Å². The molecule has 0 amide bonds. The van der Waals surface area contributed by atoms with Crippen LogP contribution in [0.4, 0.5) is 0 Å². The highest BCUT2D eigenvalue weighted by molar-refractivity contribution is 7.09. The Kier molecular flexibility index (Phi) is 5.01. The Balaban J connectivity index is 1.54. The Bertz CT molecular complexity index is 328. The van der Waals surface area contributed by atoms with Crippen molar-refractivity contribution in [2.75, 3.05) is 13.2 Å². The second-order valence-corrected chi connectivity index (χ2v) is 5.28. The van der Waals surface area contributed by atoms with Gasteiger partial charge in [0.2, 0.25) is 0 Å². The van der Waals surface area contributed by atoms with Crippen LogP contribution in [0.5, 0.6) is 0 Å². The summed E-state index contributed by atoms with van der Waals surface area (Å²) >= 11 is 1.74. The lowest BCUT2D eigenvalue weighted by molar-refractivity contribution is -0.146. The lowest BCUT2D eigenvalue weighted by Gasteiger charge is -2.09. The summed E-state index contributed by atoms with van der Waals surface area (Å²) in [6.07, 6.45) is 4.57. The fraction of sp³-hybridized carbons (Fsp3) is 0.615. The van der Waals surface area contributed by atoms with Crippen molar-refractivity contribution < 1.29 is 14.3 Å². The molecule has 94 valence electrons. The van der Waals surface area contributed by atoms with E-state index < -0.39 is 0 Å². The molecule has 17 heavy (non-hydrogen) atoms. The molecule has 1 aromatic rings. The molecule has 0 saturated carbocycles. The van der Waals surface area contributed by atoms with Crippen LogP contribution in [0, 0.1) is 0 Å². The van der Waals surface area contributed by atoms with E-state index in [4.69, 9.17) is 9.47 Å². The molecule has 0 bridgehead atoms. The van der Waals surface area contributed by atoms with Crippen molar-refractivity contribution in [2.45, 2.75) is 38.2 Å². The molecule has 0 radical (unpaired) electrons. The van der Waals surface area contributed by atoms with Gasteiger partial charge in [-0.15, -0.1) is 11.3 Å². The van der Waals surface area contributed by atoms with Gasteiger partial charge in [0.15, 0.2) is 0 Å². The third kappa shape index (κ3) is 4.48. The summed E-state index contributed by atoms with van der Waals surface area (Å²) in [4.78, 5) is 12.8. The molecule has 0 spiro atoms. The monoisotopic (exact) mass is 254 g/mol. The number of rotatable bonds is 6. The number of hydrogen-bond donors (Lipinski definition) is 0. The van der Waals surface area contributed by atoms with Gasteiger partial charge in [0.25, 0.3) is 0 Å². The van der Waals surface area contributed by atoms with E-state index in [1.165, 1.54) is 4.88 Å². The zero-order valence-corrected chi connectivity index (χ0v) is 10.7. The fourth-order valence-corrected chi connectivity index (χ4v) is 2.65. The van der Waals surface area contributed by atoms with E-state index in [9.17, 15) is 4.79 Å². The Morgan fingerprint density at radius 3 is 3.24 bits per heavy atom. The highest BCUT2D eigenvalue weighted by atomic mass is 32.1. The van der Waals surface area contributed by atoms with Gasteiger partial charge in [0.1, 0.15) is 6.61 Å². The van der Waals surface area contributed by atoms with Crippen LogP contribution in [-0.4, -0.2) is 25.3 Å². The molecule has 0 aliphatic carbocycles. The Morgan fingerprint density at radius 1 is 1.59 bits per heavy atom. The first-order chi connectivity index (χ1) is 8.34. The summed E-state index contributed by atoms with van der Waals surface area (Å²) in [7, 11) is 0. The minimum Gasteiger partial charge on any atom is -0.463 e. The van der Waals surface area contributed by atoms with Gasteiger partial charge < -0.3 is 9.47 Å². The number of esters is 1. The van der Waals surface area contributed by atoms with Gasteiger partial charge in [0.05, 0.1) is 6.10 Å². The number of hydrogen-bond acceptors (Lipinski definition) is 4. The predicted octanol–water partition coefficient (Wildman–Crippen LogP) is 2.79. The van der Waals surface area contributed by atoms with E-state index in [2.05, 4.69) is 11.4 Å². The van der Waals surface area contributed by atoms with Gasteiger partial charge in [-0.1, -0.05) is 6.07 Å². The van der Waals surface area contributed by atoms with Gasteiger partial charge in [-0.05, 0) is 37.1 Å². The van der Waals surface area contributed by atoms with E-state index in [0.29, 0.717) is 13.0 Å². The summed E-state index contributed by atoms with van der Waals surface area (Å²) in [5.41, 5.74) is 0. The number of aryl methyl sites for hydroxylation is 1. The maximum Gasteiger partial charge on any atom is 0.305 e. The van der Waals surface area contributed by atoms with Crippen LogP contribution in [0.25, 0.3) is 0 Å². The molecule has 1 aliphatic heterocycles. The lowest BCUT2D eigenvalue weighted by atomic mass is 10.2. The van der Waals surface area contributed by atoms with Gasteiger partial charge in [-0.25, -0.2) is 0 Å². The molecule has 1 aromatic heterocycles. The maximum absolute atomic E-state index is 11.5. The topological polar surface area (TPSA) is 35.5 Å². The standard InChI is InChI=1S/C13H18O3S/c14-13(16-10-11-4-2-8-15-11)7-1-5-12-6-3-9-17-12/h3,6,9,11H,1-2,4-5,7-8,10H2. The highest BCUT2D eigenvalue weighted by Gasteiger charge is 2.17. The van der Waals surface area contributed by atoms with Gasteiger partial charge in [-0.3, -0.25) is 4.79 Å². The van der Waals surface area contributed by atoms with Crippen LogP contribution >= 0.6 is 11.3 Å². The molecule has 4 heteroatoms.